The van der Waals surface area contributed by atoms with Crippen molar-refractivity contribution in [1.82, 2.24) is 9.80 Å². The van der Waals surface area contributed by atoms with Gasteiger partial charge in [0.1, 0.15) is 6.04 Å². The Morgan fingerprint density at radius 1 is 1.60 bits per heavy atom. The predicted octanol–water partition coefficient (Wildman–Crippen LogP) is 1.58. The fourth-order valence-corrected chi connectivity index (χ4v) is 3.72. The normalized spacial score (nSPS) is 22.1. The molecule has 2 rings (SSSR count). The predicted molar refractivity (Wildman–Crippen MR) is 77.6 cm³/mol. The molecule has 2 heterocycles. The fourth-order valence-electron chi connectivity index (χ4n) is 2.22. The molecule has 0 radical (unpaired) electrons. The molecule has 1 aromatic rings. The monoisotopic (exact) mass is 362 g/mol. The summed E-state index contributed by atoms with van der Waals surface area (Å²) >= 11 is 4.87. The molecule has 2 amide bonds. The van der Waals surface area contributed by atoms with Crippen molar-refractivity contribution in [3.63, 3.8) is 0 Å². The van der Waals surface area contributed by atoms with Crippen molar-refractivity contribution < 1.29 is 19.8 Å². The number of aliphatic hydroxyl groups is 1. The zero-order chi connectivity index (χ0) is 14.9. The maximum Gasteiger partial charge on any atom is 0.326 e. The van der Waals surface area contributed by atoms with Crippen LogP contribution in [0.25, 0.3) is 0 Å². The van der Waals surface area contributed by atoms with Crippen LogP contribution in [-0.2, 0) is 11.3 Å². The number of carboxylic acid groups (broad SMARTS) is 1. The minimum absolute atomic E-state index is 0.0638. The van der Waals surface area contributed by atoms with E-state index in [1.165, 1.54) is 21.1 Å². The molecular weight excluding hydrogens is 348 g/mol. The molecule has 1 unspecified atom stereocenters. The third kappa shape index (κ3) is 3.31. The smallest absolute Gasteiger partial charge is 0.326 e. The summed E-state index contributed by atoms with van der Waals surface area (Å²) in [5, 5.41) is 20.6. The second kappa shape index (κ2) is 6.11. The number of halogens is 1. The quantitative estimate of drug-likeness (QED) is 0.855. The van der Waals surface area contributed by atoms with Gasteiger partial charge in [-0.05, 0) is 22.0 Å². The molecule has 0 aromatic carbocycles. The van der Waals surface area contributed by atoms with Crippen LogP contribution < -0.4 is 0 Å². The number of aliphatic hydroxyl groups excluding tert-OH is 1. The van der Waals surface area contributed by atoms with Gasteiger partial charge < -0.3 is 20.0 Å². The van der Waals surface area contributed by atoms with E-state index in [0.29, 0.717) is 6.54 Å². The number of carbonyl (C=O) groups excluding carboxylic acids is 1. The Morgan fingerprint density at radius 3 is 2.85 bits per heavy atom. The number of likely N-dealkylation sites (tertiary alicyclic amines) is 1. The molecule has 1 aromatic heterocycles. The number of β-amino-alcohol motifs (C(OH)–C–C–N with tert-alkyl or cyclic N) is 1. The Hall–Kier alpha value is -1.12. The zero-order valence-corrected chi connectivity index (χ0v) is 13.2. The highest BCUT2D eigenvalue weighted by molar-refractivity contribution is 9.10. The number of rotatable bonds is 3. The topological polar surface area (TPSA) is 81.1 Å². The van der Waals surface area contributed by atoms with Crippen molar-refractivity contribution in [2.45, 2.75) is 25.1 Å². The van der Waals surface area contributed by atoms with Gasteiger partial charge in [0.15, 0.2) is 0 Å². The Morgan fingerprint density at radius 2 is 2.30 bits per heavy atom. The molecule has 20 heavy (non-hydrogen) atoms. The maximum atomic E-state index is 12.3. The minimum Gasteiger partial charge on any atom is -0.480 e. The first-order chi connectivity index (χ1) is 9.38. The molecule has 0 saturated carbocycles. The number of hydrogen-bond donors (Lipinski definition) is 2. The van der Waals surface area contributed by atoms with Crippen LogP contribution in [0.5, 0.6) is 0 Å². The maximum absolute atomic E-state index is 12.3. The summed E-state index contributed by atoms with van der Waals surface area (Å²) in [7, 11) is 1.62. The summed E-state index contributed by atoms with van der Waals surface area (Å²) in [5.74, 6) is -1.08. The van der Waals surface area contributed by atoms with Crippen LogP contribution in [0.3, 0.4) is 0 Å². The Labute approximate surface area is 128 Å². The summed E-state index contributed by atoms with van der Waals surface area (Å²) in [5.41, 5.74) is 0. The van der Waals surface area contributed by atoms with Crippen molar-refractivity contribution in [2.75, 3.05) is 13.6 Å². The Balaban J connectivity index is 2.04. The number of aliphatic carboxylic acids is 1. The van der Waals surface area contributed by atoms with Crippen molar-refractivity contribution >= 4 is 39.3 Å². The first kappa shape index (κ1) is 15.3. The third-order valence-corrected chi connectivity index (χ3v) is 4.83. The van der Waals surface area contributed by atoms with Crippen LogP contribution in [0, 0.1) is 0 Å². The number of nitrogens with zero attached hydrogens (tertiary/aromatic N) is 2. The van der Waals surface area contributed by atoms with E-state index in [9.17, 15) is 14.7 Å². The van der Waals surface area contributed by atoms with Crippen LogP contribution in [0.1, 0.15) is 11.3 Å². The second-order valence-corrected chi connectivity index (χ2v) is 6.68. The van der Waals surface area contributed by atoms with Gasteiger partial charge in [-0.3, -0.25) is 0 Å². The van der Waals surface area contributed by atoms with Gasteiger partial charge in [0, 0.05) is 34.7 Å². The number of carbonyl (C=O) groups is 2. The average molecular weight is 363 g/mol. The SMILES string of the molecule is CN(Cc1cc(Br)cs1)C(=O)N1CC(O)C[C@H]1C(=O)O. The van der Waals surface area contributed by atoms with Gasteiger partial charge in [0.25, 0.3) is 0 Å². The molecule has 1 saturated heterocycles. The standard InChI is InChI=1S/C12H15BrN2O4S/c1-14(5-9-2-7(13)6-20-9)12(19)15-4-8(16)3-10(15)11(17)18/h2,6,8,10,16H,3-5H2,1H3,(H,17,18)/t8?,10-/m0/s1. The molecule has 1 aliphatic rings. The van der Waals surface area contributed by atoms with Gasteiger partial charge in [-0.15, -0.1) is 11.3 Å². The van der Waals surface area contributed by atoms with E-state index in [2.05, 4.69) is 15.9 Å². The first-order valence-electron chi connectivity index (χ1n) is 6.04. The minimum atomic E-state index is -1.08. The summed E-state index contributed by atoms with van der Waals surface area (Å²) in [6, 6.07) is 0.593. The molecule has 2 atom stereocenters. The van der Waals surface area contributed by atoms with Gasteiger partial charge in [-0.25, -0.2) is 9.59 Å². The van der Waals surface area contributed by atoms with Gasteiger partial charge in [-0.2, -0.15) is 0 Å². The molecule has 110 valence electrons. The Kier molecular flexibility index (Phi) is 4.66. The average Bonchev–Trinajstić information content (AvgIpc) is 2.94. The summed E-state index contributed by atoms with van der Waals surface area (Å²) in [6.45, 7) is 0.475. The molecule has 0 aliphatic carbocycles. The first-order valence-corrected chi connectivity index (χ1v) is 7.71. The Bertz CT molecular complexity index is 521. The lowest BCUT2D eigenvalue weighted by Crippen LogP contribution is -2.46. The number of thiophene rings is 1. The van der Waals surface area contributed by atoms with E-state index in [4.69, 9.17) is 5.11 Å². The van der Waals surface area contributed by atoms with Crippen molar-refractivity contribution in [2.24, 2.45) is 0 Å². The van der Waals surface area contributed by atoms with E-state index in [1.54, 1.807) is 7.05 Å². The molecule has 0 bridgehead atoms. The van der Waals surface area contributed by atoms with Gasteiger partial charge in [0.05, 0.1) is 12.6 Å². The van der Waals surface area contributed by atoms with Crippen molar-refractivity contribution in [1.29, 1.82) is 0 Å². The number of amides is 2. The van der Waals surface area contributed by atoms with Gasteiger partial charge in [-0.1, -0.05) is 0 Å². The van der Waals surface area contributed by atoms with E-state index >= 15 is 0 Å². The van der Waals surface area contributed by atoms with E-state index in [1.807, 2.05) is 11.4 Å². The molecule has 1 fully saturated rings. The highest BCUT2D eigenvalue weighted by atomic mass is 79.9. The lowest BCUT2D eigenvalue weighted by Gasteiger charge is -2.27. The lowest BCUT2D eigenvalue weighted by atomic mass is 10.2. The van der Waals surface area contributed by atoms with E-state index in [0.717, 1.165) is 9.35 Å². The third-order valence-electron chi connectivity index (χ3n) is 3.15. The zero-order valence-electron chi connectivity index (χ0n) is 10.8. The highest BCUT2D eigenvalue weighted by Gasteiger charge is 2.40. The van der Waals surface area contributed by atoms with Crippen molar-refractivity contribution in [3.05, 3.63) is 20.8 Å². The van der Waals surface area contributed by atoms with E-state index < -0.39 is 18.1 Å². The summed E-state index contributed by atoms with van der Waals surface area (Å²) < 4.78 is 0.957. The van der Waals surface area contributed by atoms with Crippen LogP contribution in [0.4, 0.5) is 4.79 Å². The lowest BCUT2D eigenvalue weighted by molar-refractivity contribution is -0.141. The fraction of sp³-hybridized carbons (Fsp3) is 0.500. The molecule has 1 aliphatic heterocycles. The molecule has 6 nitrogen and oxygen atoms in total. The van der Waals surface area contributed by atoms with Gasteiger partial charge >= 0.3 is 12.0 Å². The molecule has 2 N–H and O–H groups in total. The highest BCUT2D eigenvalue weighted by Crippen LogP contribution is 2.23. The molecule has 8 heteroatoms. The van der Waals surface area contributed by atoms with Gasteiger partial charge in [0.2, 0.25) is 0 Å². The van der Waals surface area contributed by atoms with Crippen LogP contribution in [0.2, 0.25) is 0 Å². The van der Waals surface area contributed by atoms with E-state index in [-0.39, 0.29) is 19.0 Å². The van der Waals surface area contributed by atoms with Crippen LogP contribution in [0.15, 0.2) is 15.9 Å². The van der Waals surface area contributed by atoms with Crippen LogP contribution in [-0.4, -0.2) is 57.8 Å². The molecule has 0 spiro atoms. The number of urea groups is 1. The second-order valence-electron chi connectivity index (χ2n) is 4.77. The van der Waals surface area contributed by atoms with Crippen LogP contribution >= 0.6 is 27.3 Å². The largest absolute Gasteiger partial charge is 0.480 e. The summed E-state index contributed by atoms with van der Waals surface area (Å²) in [6.07, 6.45) is -0.691. The summed E-state index contributed by atoms with van der Waals surface area (Å²) in [4.78, 5) is 27.1. The molecular formula is C12H15BrN2O4S. The number of hydrogen-bond acceptors (Lipinski definition) is 4. The number of carboxylic acids is 1. The van der Waals surface area contributed by atoms with Crippen molar-refractivity contribution in [3.8, 4) is 0 Å².